The van der Waals surface area contributed by atoms with Gasteiger partial charge in [0.25, 0.3) is 0 Å². The van der Waals surface area contributed by atoms with Gasteiger partial charge >= 0.3 is 0 Å². The van der Waals surface area contributed by atoms with Crippen molar-refractivity contribution in [3.63, 3.8) is 0 Å². The Bertz CT molecular complexity index is 915. The lowest BCUT2D eigenvalue weighted by Crippen LogP contribution is -2.49. The molecule has 0 spiro atoms. The maximum atomic E-state index is 12.8. The highest BCUT2D eigenvalue weighted by Crippen LogP contribution is 2.38. The smallest absolute Gasteiger partial charge is 0.223 e. The molecule has 8 nitrogen and oxygen atoms in total. The van der Waals surface area contributed by atoms with Crippen molar-refractivity contribution >= 4 is 11.7 Å². The van der Waals surface area contributed by atoms with Crippen molar-refractivity contribution in [2.45, 2.75) is 39.5 Å². The highest BCUT2D eigenvalue weighted by Gasteiger charge is 2.23. The van der Waals surface area contributed by atoms with Gasteiger partial charge in [0.2, 0.25) is 11.7 Å². The zero-order valence-electron chi connectivity index (χ0n) is 20.0. The van der Waals surface area contributed by atoms with Gasteiger partial charge in [0.05, 0.1) is 21.3 Å². The minimum Gasteiger partial charge on any atom is -0.493 e. The van der Waals surface area contributed by atoms with Crippen molar-refractivity contribution in [3.8, 4) is 17.2 Å². The standard InChI is InChI=1S/C24H34N4O4/c1-16(2)24-25-17(3)13-21(26-24)27-9-11-28(12-10-27)22(29)8-7-18-14-19(30-4)23(32-6)20(15-18)31-5/h13-16H,7-12H2,1-6H3. The Labute approximate surface area is 190 Å². The van der Waals surface area contributed by atoms with Crippen molar-refractivity contribution in [3.05, 3.63) is 35.3 Å². The van der Waals surface area contributed by atoms with E-state index in [0.29, 0.717) is 43.2 Å². The zero-order valence-corrected chi connectivity index (χ0v) is 20.0. The molecule has 1 saturated heterocycles. The maximum Gasteiger partial charge on any atom is 0.223 e. The van der Waals surface area contributed by atoms with Crippen LogP contribution in [0.1, 0.15) is 43.3 Å². The molecule has 0 aliphatic carbocycles. The average molecular weight is 443 g/mol. The number of aromatic nitrogens is 2. The van der Waals surface area contributed by atoms with Crippen LogP contribution in [0.15, 0.2) is 18.2 Å². The Morgan fingerprint density at radius 1 is 0.969 bits per heavy atom. The number of anilines is 1. The van der Waals surface area contributed by atoms with Crippen molar-refractivity contribution in [2.75, 3.05) is 52.4 Å². The van der Waals surface area contributed by atoms with Crippen LogP contribution in [-0.2, 0) is 11.2 Å². The lowest BCUT2D eigenvalue weighted by molar-refractivity contribution is -0.131. The predicted molar refractivity (Wildman–Crippen MR) is 124 cm³/mol. The minimum absolute atomic E-state index is 0.153. The van der Waals surface area contributed by atoms with Gasteiger partial charge in [-0.3, -0.25) is 4.79 Å². The lowest BCUT2D eigenvalue weighted by atomic mass is 10.1. The van der Waals surface area contributed by atoms with Gasteiger partial charge in [0.15, 0.2) is 11.5 Å². The molecule has 8 heteroatoms. The first-order valence-electron chi connectivity index (χ1n) is 11.0. The Morgan fingerprint density at radius 3 is 2.12 bits per heavy atom. The number of hydrogen-bond acceptors (Lipinski definition) is 7. The van der Waals surface area contributed by atoms with Crippen molar-refractivity contribution in [1.82, 2.24) is 14.9 Å². The minimum atomic E-state index is 0.153. The first kappa shape index (κ1) is 23.6. The van der Waals surface area contributed by atoms with Crippen molar-refractivity contribution in [2.24, 2.45) is 0 Å². The van der Waals surface area contributed by atoms with E-state index in [0.717, 1.165) is 36.0 Å². The molecule has 0 atom stereocenters. The molecule has 1 aliphatic rings. The lowest BCUT2D eigenvalue weighted by Gasteiger charge is -2.35. The molecule has 2 heterocycles. The van der Waals surface area contributed by atoms with Gasteiger partial charge in [-0.15, -0.1) is 0 Å². The molecular weight excluding hydrogens is 408 g/mol. The van der Waals surface area contributed by atoms with Crippen LogP contribution in [0.25, 0.3) is 0 Å². The second-order valence-corrected chi connectivity index (χ2v) is 8.28. The number of carbonyl (C=O) groups is 1. The fraction of sp³-hybridized carbons (Fsp3) is 0.542. The summed E-state index contributed by atoms with van der Waals surface area (Å²) >= 11 is 0. The summed E-state index contributed by atoms with van der Waals surface area (Å²) in [6.45, 7) is 9.11. The molecule has 1 amide bonds. The molecule has 1 aromatic heterocycles. The van der Waals surface area contributed by atoms with Crippen LogP contribution in [0.5, 0.6) is 17.2 Å². The van der Waals surface area contributed by atoms with Crippen LogP contribution in [0, 0.1) is 6.92 Å². The summed E-state index contributed by atoms with van der Waals surface area (Å²) in [6.07, 6.45) is 1.04. The normalized spacial score (nSPS) is 14.0. The molecule has 0 bridgehead atoms. The highest BCUT2D eigenvalue weighted by molar-refractivity contribution is 5.77. The number of amides is 1. The van der Waals surface area contributed by atoms with Crippen LogP contribution >= 0.6 is 0 Å². The van der Waals surface area contributed by atoms with Gasteiger partial charge < -0.3 is 24.0 Å². The maximum absolute atomic E-state index is 12.8. The fourth-order valence-corrected chi connectivity index (χ4v) is 3.87. The van der Waals surface area contributed by atoms with Crippen molar-refractivity contribution < 1.29 is 19.0 Å². The third-order valence-electron chi connectivity index (χ3n) is 5.68. The summed E-state index contributed by atoms with van der Waals surface area (Å²) in [5, 5.41) is 0. The Morgan fingerprint density at radius 2 is 1.59 bits per heavy atom. The molecular formula is C24H34N4O4. The van der Waals surface area contributed by atoms with Crippen LogP contribution in [0.4, 0.5) is 5.82 Å². The second kappa shape index (κ2) is 10.5. The van der Waals surface area contributed by atoms with Gasteiger partial charge in [-0.2, -0.15) is 0 Å². The summed E-state index contributed by atoms with van der Waals surface area (Å²) in [7, 11) is 4.76. The quantitative estimate of drug-likeness (QED) is 0.621. The van der Waals surface area contributed by atoms with Crippen molar-refractivity contribution in [1.29, 1.82) is 0 Å². The molecule has 1 aliphatic heterocycles. The molecule has 174 valence electrons. The first-order chi connectivity index (χ1) is 15.4. The molecule has 3 rings (SSSR count). The van der Waals surface area contributed by atoms with E-state index in [1.165, 1.54) is 0 Å². The fourth-order valence-electron chi connectivity index (χ4n) is 3.87. The van der Waals surface area contributed by atoms with E-state index >= 15 is 0 Å². The Balaban J connectivity index is 1.59. The number of rotatable bonds is 8. The number of hydrogen-bond donors (Lipinski definition) is 0. The molecule has 0 radical (unpaired) electrons. The van der Waals surface area contributed by atoms with Gasteiger partial charge in [-0.25, -0.2) is 9.97 Å². The highest BCUT2D eigenvalue weighted by atomic mass is 16.5. The van der Waals surface area contributed by atoms with Gasteiger partial charge in [-0.05, 0) is 31.0 Å². The van der Waals surface area contributed by atoms with Gasteiger partial charge in [0.1, 0.15) is 11.6 Å². The SMILES string of the molecule is COc1cc(CCC(=O)N2CCN(c3cc(C)nc(C(C)C)n3)CC2)cc(OC)c1OC. The van der Waals surface area contributed by atoms with E-state index in [1.807, 2.05) is 30.0 Å². The third kappa shape index (κ3) is 5.41. The molecule has 0 N–H and O–H groups in total. The summed E-state index contributed by atoms with van der Waals surface area (Å²) in [5.74, 6) is 4.01. The van der Waals surface area contributed by atoms with E-state index in [4.69, 9.17) is 19.2 Å². The van der Waals surface area contributed by atoms with Crippen LogP contribution in [0.3, 0.4) is 0 Å². The van der Waals surface area contributed by atoms with Gasteiger partial charge in [-0.1, -0.05) is 13.8 Å². The predicted octanol–water partition coefficient (Wildman–Crippen LogP) is 3.22. The molecule has 1 fully saturated rings. The van der Waals surface area contributed by atoms with E-state index in [-0.39, 0.29) is 11.8 Å². The van der Waals surface area contributed by atoms with Crippen LogP contribution < -0.4 is 19.1 Å². The van der Waals surface area contributed by atoms with E-state index in [1.54, 1.807) is 21.3 Å². The van der Waals surface area contributed by atoms with Crippen LogP contribution in [-0.4, -0.2) is 68.3 Å². The summed E-state index contributed by atoms with van der Waals surface area (Å²) < 4.78 is 16.2. The Kier molecular flexibility index (Phi) is 7.77. The number of ether oxygens (including phenoxy) is 3. The molecule has 2 aromatic rings. The largest absolute Gasteiger partial charge is 0.493 e. The second-order valence-electron chi connectivity index (χ2n) is 8.28. The van der Waals surface area contributed by atoms with Gasteiger partial charge in [0, 0.05) is 50.3 Å². The number of aryl methyl sites for hydroxylation is 2. The van der Waals surface area contributed by atoms with E-state index < -0.39 is 0 Å². The molecule has 32 heavy (non-hydrogen) atoms. The van der Waals surface area contributed by atoms with E-state index in [9.17, 15) is 4.79 Å². The number of benzene rings is 1. The monoisotopic (exact) mass is 442 g/mol. The average Bonchev–Trinajstić information content (AvgIpc) is 2.81. The summed E-state index contributed by atoms with van der Waals surface area (Å²) in [6, 6.07) is 5.82. The number of piperazine rings is 1. The molecule has 0 saturated carbocycles. The molecule has 0 unspecified atom stereocenters. The number of methoxy groups -OCH3 is 3. The first-order valence-corrected chi connectivity index (χ1v) is 11.0. The zero-order chi connectivity index (χ0) is 23.3. The summed E-state index contributed by atoms with van der Waals surface area (Å²) in [5.41, 5.74) is 1.95. The number of nitrogens with zero attached hydrogens (tertiary/aromatic N) is 4. The topological polar surface area (TPSA) is 77.0 Å². The number of carbonyl (C=O) groups excluding carboxylic acids is 1. The third-order valence-corrected chi connectivity index (χ3v) is 5.68. The Hall–Kier alpha value is -3.03. The molecule has 1 aromatic carbocycles. The van der Waals surface area contributed by atoms with E-state index in [2.05, 4.69) is 23.7 Å². The van der Waals surface area contributed by atoms with Crippen LogP contribution in [0.2, 0.25) is 0 Å². The summed E-state index contributed by atoms with van der Waals surface area (Å²) in [4.78, 5) is 26.3.